The van der Waals surface area contributed by atoms with E-state index in [1.807, 2.05) is 25.1 Å². The van der Waals surface area contributed by atoms with Crippen molar-refractivity contribution in [2.45, 2.75) is 26.9 Å². The maximum atomic E-state index is 12.0. The van der Waals surface area contributed by atoms with E-state index in [0.717, 1.165) is 37.4 Å². The fraction of sp³-hybridized carbons (Fsp3) is 0.526. The lowest BCUT2D eigenvalue weighted by atomic mass is 10.1. The number of rotatable bonds is 6. The third-order valence-electron chi connectivity index (χ3n) is 3.97. The minimum absolute atomic E-state index is 0.0590. The molecule has 1 aliphatic rings. The molecule has 132 valence electrons. The number of halogens is 1. The van der Waals surface area contributed by atoms with Crippen LogP contribution in [0, 0.1) is 12.8 Å². The first-order valence-corrected chi connectivity index (χ1v) is 8.88. The summed E-state index contributed by atoms with van der Waals surface area (Å²) in [6.07, 6.45) is 3.37. The van der Waals surface area contributed by atoms with Gasteiger partial charge in [0.1, 0.15) is 0 Å². The second-order valence-corrected chi connectivity index (χ2v) is 7.14. The van der Waals surface area contributed by atoms with Crippen LogP contribution in [-0.2, 0) is 9.53 Å². The van der Waals surface area contributed by atoms with Crippen LogP contribution in [0.2, 0.25) is 5.02 Å². The van der Waals surface area contributed by atoms with Crippen LogP contribution >= 0.6 is 11.6 Å². The maximum absolute atomic E-state index is 12.0. The number of carbonyl (C=O) groups excluding carboxylic acids is 1. The van der Waals surface area contributed by atoms with Gasteiger partial charge in [-0.1, -0.05) is 37.6 Å². The Kier molecular flexibility index (Phi) is 7.28. The normalized spacial score (nSPS) is 19.1. The van der Waals surface area contributed by atoms with Crippen molar-refractivity contribution in [2.24, 2.45) is 5.92 Å². The van der Waals surface area contributed by atoms with E-state index in [1.54, 1.807) is 6.08 Å². The van der Waals surface area contributed by atoms with Crippen molar-refractivity contribution in [3.8, 4) is 0 Å². The van der Waals surface area contributed by atoms with Crippen molar-refractivity contribution in [3.05, 3.63) is 40.4 Å². The topological polar surface area (TPSA) is 41.6 Å². The van der Waals surface area contributed by atoms with Gasteiger partial charge < -0.3 is 10.1 Å². The van der Waals surface area contributed by atoms with E-state index in [4.69, 9.17) is 16.3 Å². The number of nitrogens with one attached hydrogen (secondary N) is 1. The van der Waals surface area contributed by atoms with Crippen molar-refractivity contribution in [3.63, 3.8) is 0 Å². The highest BCUT2D eigenvalue weighted by Crippen LogP contribution is 2.17. The zero-order valence-electron chi connectivity index (χ0n) is 14.7. The third-order valence-corrected chi connectivity index (χ3v) is 4.38. The number of hydrogen-bond donors (Lipinski definition) is 1. The summed E-state index contributed by atoms with van der Waals surface area (Å²) in [6.45, 7) is 10.6. The van der Waals surface area contributed by atoms with Crippen LogP contribution in [0.3, 0.4) is 0 Å². The molecule has 1 fully saturated rings. The SMILES string of the molecule is Cc1ccc(/C=C/C(=O)NCC2CN(CC(C)C)CCO2)cc1Cl. The van der Waals surface area contributed by atoms with Crippen LogP contribution in [0.15, 0.2) is 24.3 Å². The minimum atomic E-state index is -0.115. The fourth-order valence-corrected chi connectivity index (χ4v) is 2.93. The van der Waals surface area contributed by atoms with E-state index in [1.165, 1.54) is 6.08 Å². The monoisotopic (exact) mass is 350 g/mol. The summed E-state index contributed by atoms with van der Waals surface area (Å²) in [5.41, 5.74) is 1.94. The Morgan fingerprint density at radius 2 is 2.29 bits per heavy atom. The van der Waals surface area contributed by atoms with Gasteiger partial charge in [0.15, 0.2) is 0 Å². The highest BCUT2D eigenvalue weighted by atomic mass is 35.5. The van der Waals surface area contributed by atoms with Gasteiger partial charge >= 0.3 is 0 Å². The fourth-order valence-electron chi connectivity index (χ4n) is 2.74. The number of morpholine rings is 1. The third kappa shape index (κ3) is 6.27. The Morgan fingerprint density at radius 1 is 1.50 bits per heavy atom. The second kappa shape index (κ2) is 9.21. The van der Waals surface area contributed by atoms with E-state index in [2.05, 4.69) is 24.1 Å². The molecule has 1 saturated heterocycles. The molecule has 1 heterocycles. The Hall–Kier alpha value is -1.36. The molecule has 1 aromatic carbocycles. The molecule has 1 N–H and O–H groups in total. The summed E-state index contributed by atoms with van der Waals surface area (Å²) >= 11 is 6.09. The van der Waals surface area contributed by atoms with Crippen LogP contribution in [-0.4, -0.2) is 49.7 Å². The summed E-state index contributed by atoms with van der Waals surface area (Å²) in [4.78, 5) is 14.4. The molecule has 0 spiro atoms. The summed E-state index contributed by atoms with van der Waals surface area (Å²) in [5, 5.41) is 3.62. The van der Waals surface area contributed by atoms with Gasteiger partial charge in [0.25, 0.3) is 0 Å². The maximum Gasteiger partial charge on any atom is 0.244 e. The van der Waals surface area contributed by atoms with Gasteiger partial charge in [0.05, 0.1) is 12.7 Å². The molecule has 1 amide bonds. The Balaban J connectivity index is 1.78. The number of hydrogen-bond acceptors (Lipinski definition) is 3. The standard InChI is InChI=1S/C19H27ClN2O2/c1-14(2)12-22-8-9-24-17(13-22)11-21-19(23)7-6-16-5-4-15(3)18(20)10-16/h4-7,10,14,17H,8-9,11-13H2,1-3H3,(H,21,23)/b7-6+. The van der Waals surface area contributed by atoms with Crippen molar-refractivity contribution in [1.29, 1.82) is 0 Å². The highest BCUT2D eigenvalue weighted by Gasteiger charge is 2.20. The lowest BCUT2D eigenvalue weighted by molar-refractivity contribution is -0.117. The molecule has 0 saturated carbocycles. The molecule has 1 aliphatic heterocycles. The van der Waals surface area contributed by atoms with Gasteiger partial charge in [-0.05, 0) is 36.1 Å². The average Bonchev–Trinajstić information content (AvgIpc) is 2.54. The summed E-state index contributed by atoms with van der Waals surface area (Å²) in [6, 6.07) is 5.74. The van der Waals surface area contributed by atoms with Crippen molar-refractivity contribution in [2.75, 3.05) is 32.8 Å². The van der Waals surface area contributed by atoms with Crippen molar-refractivity contribution >= 4 is 23.6 Å². The van der Waals surface area contributed by atoms with Crippen LogP contribution < -0.4 is 5.32 Å². The number of nitrogens with zero attached hydrogens (tertiary/aromatic N) is 1. The molecule has 0 radical (unpaired) electrons. The minimum Gasteiger partial charge on any atom is -0.374 e. The van der Waals surface area contributed by atoms with Crippen LogP contribution in [0.4, 0.5) is 0 Å². The van der Waals surface area contributed by atoms with Gasteiger partial charge in [-0.15, -0.1) is 0 Å². The molecule has 0 bridgehead atoms. The molecule has 0 aliphatic carbocycles. The molecule has 4 nitrogen and oxygen atoms in total. The van der Waals surface area contributed by atoms with Crippen molar-refractivity contribution < 1.29 is 9.53 Å². The predicted molar refractivity (Wildman–Crippen MR) is 99.3 cm³/mol. The van der Waals surface area contributed by atoms with E-state index in [0.29, 0.717) is 17.5 Å². The molecule has 24 heavy (non-hydrogen) atoms. The molecule has 1 atom stereocenters. The zero-order chi connectivity index (χ0) is 17.5. The molecule has 1 aromatic rings. The lowest BCUT2D eigenvalue weighted by Crippen LogP contribution is -2.48. The molecular weight excluding hydrogens is 324 g/mol. The summed E-state index contributed by atoms with van der Waals surface area (Å²) in [5.74, 6) is 0.527. The summed E-state index contributed by atoms with van der Waals surface area (Å²) in [7, 11) is 0. The number of amides is 1. The highest BCUT2D eigenvalue weighted by molar-refractivity contribution is 6.31. The Morgan fingerprint density at radius 3 is 3.00 bits per heavy atom. The number of aryl methyl sites for hydroxylation is 1. The smallest absolute Gasteiger partial charge is 0.244 e. The lowest BCUT2D eigenvalue weighted by Gasteiger charge is -2.33. The second-order valence-electron chi connectivity index (χ2n) is 6.73. The first-order chi connectivity index (χ1) is 11.4. The van der Waals surface area contributed by atoms with Gasteiger partial charge in [0, 0.05) is 37.3 Å². The average molecular weight is 351 g/mol. The first-order valence-electron chi connectivity index (χ1n) is 8.50. The largest absolute Gasteiger partial charge is 0.374 e. The zero-order valence-corrected chi connectivity index (χ0v) is 15.5. The Labute approximate surface area is 149 Å². The van der Waals surface area contributed by atoms with Gasteiger partial charge in [-0.3, -0.25) is 9.69 Å². The summed E-state index contributed by atoms with van der Waals surface area (Å²) < 4.78 is 5.73. The first kappa shape index (κ1) is 19.0. The van der Waals surface area contributed by atoms with E-state index in [9.17, 15) is 4.79 Å². The van der Waals surface area contributed by atoms with Gasteiger partial charge in [-0.2, -0.15) is 0 Å². The molecular formula is C19H27ClN2O2. The van der Waals surface area contributed by atoms with Crippen LogP contribution in [0.1, 0.15) is 25.0 Å². The molecule has 5 heteroatoms. The molecule has 1 unspecified atom stereocenters. The quantitative estimate of drug-likeness (QED) is 0.801. The van der Waals surface area contributed by atoms with E-state index < -0.39 is 0 Å². The van der Waals surface area contributed by atoms with Crippen LogP contribution in [0.5, 0.6) is 0 Å². The molecule has 0 aromatic heterocycles. The van der Waals surface area contributed by atoms with E-state index in [-0.39, 0.29) is 12.0 Å². The van der Waals surface area contributed by atoms with Gasteiger partial charge in [-0.25, -0.2) is 0 Å². The van der Waals surface area contributed by atoms with Crippen molar-refractivity contribution in [1.82, 2.24) is 10.2 Å². The predicted octanol–water partition coefficient (Wildman–Crippen LogP) is 3.13. The molecule has 2 rings (SSSR count). The van der Waals surface area contributed by atoms with Crippen LogP contribution in [0.25, 0.3) is 6.08 Å². The number of benzene rings is 1. The Bertz CT molecular complexity index is 587. The van der Waals surface area contributed by atoms with E-state index >= 15 is 0 Å². The number of carbonyl (C=O) groups is 1. The number of ether oxygens (including phenoxy) is 1. The van der Waals surface area contributed by atoms with Gasteiger partial charge in [0.2, 0.25) is 5.91 Å².